The Balaban J connectivity index is 0.000000980. The summed E-state index contributed by atoms with van der Waals surface area (Å²) in [5.41, 5.74) is 7.44. The highest BCUT2D eigenvalue weighted by atomic mass is 35.5. The molecular weight excluding hydrogens is 198 g/mol. The van der Waals surface area contributed by atoms with Crippen LogP contribution in [0, 0.1) is 5.41 Å². The average molecular weight is 212 g/mol. The summed E-state index contributed by atoms with van der Waals surface area (Å²) < 4.78 is 0. The van der Waals surface area contributed by atoms with Gasteiger partial charge < -0.3 is 10.6 Å². The Morgan fingerprint density at radius 1 is 1.21 bits per heavy atom. The Hall–Kier alpha value is -1.22. The molecule has 1 aliphatic rings. The molecule has 1 fully saturated rings. The predicted molar refractivity (Wildman–Crippen MR) is 62.4 cm³/mol. The molecule has 0 aromatic heterocycles. The van der Waals surface area contributed by atoms with Crippen LogP contribution in [-0.4, -0.2) is 12.4 Å². The van der Waals surface area contributed by atoms with E-state index >= 15 is 0 Å². The molecule has 0 radical (unpaired) electrons. The van der Waals surface area contributed by atoms with E-state index in [2.05, 4.69) is 0 Å². The molecule has 1 saturated heterocycles. The first kappa shape index (κ1) is 10.9. The Morgan fingerprint density at radius 2 is 1.86 bits per heavy atom. The Labute approximate surface area is 89.8 Å². The van der Waals surface area contributed by atoms with Crippen molar-refractivity contribution in [2.45, 2.75) is 12.8 Å². The quantitative estimate of drug-likeness (QED) is 0.701. The van der Waals surface area contributed by atoms with Crippen LogP contribution >= 0.6 is 12.4 Å². The molecule has 0 saturated carbocycles. The highest BCUT2D eigenvalue weighted by Crippen LogP contribution is 2.21. The van der Waals surface area contributed by atoms with Gasteiger partial charge in [0.25, 0.3) is 0 Å². The van der Waals surface area contributed by atoms with E-state index in [1.807, 2.05) is 29.2 Å². The fourth-order valence-corrected chi connectivity index (χ4v) is 1.61. The number of hydrogen-bond donors (Lipinski definition) is 2. The van der Waals surface area contributed by atoms with E-state index in [0.29, 0.717) is 5.84 Å². The Morgan fingerprint density at radius 3 is 2.36 bits per heavy atom. The van der Waals surface area contributed by atoms with Crippen LogP contribution in [0.4, 0.5) is 11.4 Å². The summed E-state index contributed by atoms with van der Waals surface area (Å²) in [6.45, 7) is 0.961. The zero-order valence-corrected chi connectivity index (χ0v) is 8.68. The molecule has 4 heteroatoms. The second kappa shape index (κ2) is 4.33. The molecular formula is C10H14ClN3. The molecule has 0 aliphatic carbocycles. The van der Waals surface area contributed by atoms with Gasteiger partial charge in [0.1, 0.15) is 5.84 Å². The first-order chi connectivity index (χ1) is 6.27. The van der Waals surface area contributed by atoms with Crippen molar-refractivity contribution in [3.63, 3.8) is 0 Å². The molecule has 0 bridgehead atoms. The van der Waals surface area contributed by atoms with Crippen LogP contribution in [0.1, 0.15) is 12.8 Å². The summed E-state index contributed by atoms with van der Waals surface area (Å²) in [6, 6.07) is 7.69. The van der Waals surface area contributed by atoms with E-state index in [9.17, 15) is 0 Å². The molecule has 0 atom stereocenters. The van der Waals surface area contributed by atoms with E-state index in [4.69, 9.17) is 11.1 Å². The molecule has 14 heavy (non-hydrogen) atoms. The first-order valence-corrected chi connectivity index (χ1v) is 4.48. The topological polar surface area (TPSA) is 53.1 Å². The van der Waals surface area contributed by atoms with Crippen molar-refractivity contribution < 1.29 is 0 Å². The number of hydrogen-bond acceptors (Lipinski definition) is 2. The van der Waals surface area contributed by atoms with Crippen LogP contribution < -0.4 is 10.6 Å². The number of nitrogens with one attached hydrogen (secondary N) is 1. The van der Waals surface area contributed by atoms with Gasteiger partial charge in [-0.1, -0.05) is 0 Å². The Bertz CT molecular complexity index is 321. The van der Waals surface area contributed by atoms with Gasteiger partial charge in [0.15, 0.2) is 0 Å². The van der Waals surface area contributed by atoms with Gasteiger partial charge >= 0.3 is 0 Å². The predicted octanol–water partition coefficient (Wildman–Crippen LogP) is 2.27. The van der Waals surface area contributed by atoms with Crippen molar-refractivity contribution in [2.75, 3.05) is 17.2 Å². The van der Waals surface area contributed by atoms with Crippen LogP contribution in [0.15, 0.2) is 24.3 Å². The highest BCUT2D eigenvalue weighted by molar-refractivity contribution is 5.97. The SMILES string of the molecule is Cl.N=C1CCCN1c1ccc(N)cc1. The largest absolute Gasteiger partial charge is 0.399 e. The fraction of sp³-hybridized carbons (Fsp3) is 0.300. The minimum Gasteiger partial charge on any atom is -0.399 e. The zero-order valence-electron chi connectivity index (χ0n) is 7.86. The van der Waals surface area contributed by atoms with E-state index in [1.54, 1.807) is 0 Å². The molecule has 0 spiro atoms. The van der Waals surface area contributed by atoms with Crippen LogP contribution in [0.2, 0.25) is 0 Å². The second-order valence-electron chi connectivity index (χ2n) is 3.29. The number of nitrogens with zero attached hydrogens (tertiary/aromatic N) is 1. The van der Waals surface area contributed by atoms with Crippen molar-refractivity contribution in [3.05, 3.63) is 24.3 Å². The lowest BCUT2D eigenvalue weighted by molar-refractivity contribution is 0.956. The van der Waals surface area contributed by atoms with Crippen LogP contribution in [0.25, 0.3) is 0 Å². The second-order valence-corrected chi connectivity index (χ2v) is 3.29. The van der Waals surface area contributed by atoms with Crippen LogP contribution in [-0.2, 0) is 0 Å². The molecule has 1 heterocycles. The molecule has 76 valence electrons. The third-order valence-electron chi connectivity index (χ3n) is 2.33. The smallest absolute Gasteiger partial charge is 0.100 e. The van der Waals surface area contributed by atoms with E-state index in [-0.39, 0.29) is 12.4 Å². The molecule has 3 nitrogen and oxygen atoms in total. The summed E-state index contributed by atoms with van der Waals surface area (Å²) in [5, 5.41) is 7.69. The number of rotatable bonds is 1. The van der Waals surface area contributed by atoms with E-state index in [1.165, 1.54) is 0 Å². The lowest BCUT2D eigenvalue weighted by Gasteiger charge is -2.17. The summed E-state index contributed by atoms with van der Waals surface area (Å²) in [4.78, 5) is 2.03. The fourth-order valence-electron chi connectivity index (χ4n) is 1.61. The zero-order chi connectivity index (χ0) is 9.26. The minimum atomic E-state index is 0. The van der Waals surface area contributed by atoms with Gasteiger partial charge in [-0.25, -0.2) is 0 Å². The molecule has 1 aromatic rings. The Kier molecular flexibility index (Phi) is 3.36. The van der Waals surface area contributed by atoms with Crippen molar-refractivity contribution in [1.29, 1.82) is 5.41 Å². The number of nitrogen functional groups attached to an aromatic ring is 1. The number of nitrogens with two attached hydrogens (primary N) is 1. The van der Waals surface area contributed by atoms with E-state index < -0.39 is 0 Å². The van der Waals surface area contributed by atoms with Gasteiger partial charge in [-0.3, -0.25) is 5.41 Å². The van der Waals surface area contributed by atoms with Crippen LogP contribution in [0.5, 0.6) is 0 Å². The minimum absolute atomic E-state index is 0. The normalized spacial score (nSPS) is 15.4. The number of halogens is 1. The summed E-state index contributed by atoms with van der Waals surface area (Å²) in [6.07, 6.45) is 1.98. The lowest BCUT2D eigenvalue weighted by atomic mass is 10.2. The number of amidine groups is 1. The molecule has 2 rings (SSSR count). The third kappa shape index (κ3) is 1.99. The highest BCUT2D eigenvalue weighted by Gasteiger charge is 2.17. The molecule has 0 amide bonds. The average Bonchev–Trinajstić information content (AvgIpc) is 2.53. The molecule has 1 aromatic carbocycles. The van der Waals surface area contributed by atoms with E-state index in [0.717, 1.165) is 30.8 Å². The van der Waals surface area contributed by atoms with Gasteiger partial charge in [0, 0.05) is 24.3 Å². The maximum Gasteiger partial charge on any atom is 0.100 e. The van der Waals surface area contributed by atoms with Gasteiger partial charge in [-0.15, -0.1) is 12.4 Å². The van der Waals surface area contributed by atoms with Crippen LogP contribution in [0.3, 0.4) is 0 Å². The first-order valence-electron chi connectivity index (χ1n) is 4.48. The molecule has 1 aliphatic heterocycles. The number of anilines is 2. The third-order valence-corrected chi connectivity index (χ3v) is 2.33. The van der Waals surface area contributed by atoms with Crippen molar-refractivity contribution >= 4 is 29.6 Å². The molecule has 3 N–H and O–H groups in total. The summed E-state index contributed by atoms with van der Waals surface area (Å²) in [5.74, 6) is 0.713. The van der Waals surface area contributed by atoms with Crippen molar-refractivity contribution in [1.82, 2.24) is 0 Å². The van der Waals surface area contributed by atoms with Gasteiger partial charge in [0.05, 0.1) is 0 Å². The number of benzene rings is 1. The maximum absolute atomic E-state index is 7.69. The monoisotopic (exact) mass is 211 g/mol. The van der Waals surface area contributed by atoms with Gasteiger partial charge in [-0.05, 0) is 30.7 Å². The molecule has 0 unspecified atom stereocenters. The summed E-state index contributed by atoms with van der Waals surface area (Å²) >= 11 is 0. The maximum atomic E-state index is 7.69. The summed E-state index contributed by atoms with van der Waals surface area (Å²) in [7, 11) is 0. The lowest BCUT2D eigenvalue weighted by Crippen LogP contribution is -2.22. The van der Waals surface area contributed by atoms with Gasteiger partial charge in [0.2, 0.25) is 0 Å². The van der Waals surface area contributed by atoms with Gasteiger partial charge in [-0.2, -0.15) is 0 Å². The van der Waals surface area contributed by atoms with Crippen molar-refractivity contribution in [3.8, 4) is 0 Å². The van der Waals surface area contributed by atoms with Crippen molar-refractivity contribution in [2.24, 2.45) is 0 Å². The standard InChI is InChI=1S/C10H13N3.ClH/c11-8-3-5-9(6-4-8)13-7-1-2-10(13)12;/h3-6,12H,1-2,7,11H2;1H.